The van der Waals surface area contributed by atoms with Crippen molar-refractivity contribution in [3.63, 3.8) is 0 Å². The van der Waals surface area contributed by atoms with Gasteiger partial charge in [0, 0.05) is 5.39 Å². The predicted octanol–water partition coefficient (Wildman–Crippen LogP) is 2.13. The lowest BCUT2D eigenvalue weighted by molar-refractivity contribution is 0.265. The Morgan fingerprint density at radius 1 is 1.59 bits per heavy atom. The van der Waals surface area contributed by atoms with E-state index in [0.717, 1.165) is 28.8 Å². The van der Waals surface area contributed by atoms with Crippen LogP contribution in [0, 0.1) is 18.3 Å². The van der Waals surface area contributed by atoms with E-state index in [2.05, 4.69) is 11.1 Å². The first-order chi connectivity index (χ1) is 8.29. The number of aryl methyl sites for hydroxylation is 1. The van der Waals surface area contributed by atoms with Crippen molar-refractivity contribution in [3.8, 4) is 11.8 Å². The summed E-state index contributed by atoms with van der Waals surface area (Å²) in [6, 6.07) is 7.94. The Hall–Kier alpha value is -1.99. The van der Waals surface area contributed by atoms with E-state index in [1.54, 1.807) is 0 Å². The largest absolute Gasteiger partial charge is 0.490 e. The van der Waals surface area contributed by atoms with Crippen molar-refractivity contribution in [1.82, 2.24) is 4.98 Å². The van der Waals surface area contributed by atoms with Gasteiger partial charge < -0.3 is 14.5 Å². The smallest absolute Gasteiger partial charge is 0.129 e. The zero-order valence-electron chi connectivity index (χ0n) is 9.49. The van der Waals surface area contributed by atoms with E-state index < -0.39 is 0 Å². The number of aromatic nitrogens is 1. The fourth-order valence-corrected chi connectivity index (χ4v) is 1.95. The summed E-state index contributed by atoms with van der Waals surface area (Å²) in [7, 11) is 0. The Balaban J connectivity index is 2.04. The zero-order valence-corrected chi connectivity index (χ0v) is 9.49. The number of benzene rings is 1. The van der Waals surface area contributed by atoms with Crippen molar-refractivity contribution in [2.24, 2.45) is 0 Å². The molecule has 0 amide bonds. The van der Waals surface area contributed by atoms with Gasteiger partial charge in [0.15, 0.2) is 0 Å². The van der Waals surface area contributed by atoms with Crippen LogP contribution in [0.3, 0.4) is 0 Å². The van der Waals surface area contributed by atoms with E-state index in [4.69, 9.17) is 14.7 Å². The molecule has 1 aliphatic heterocycles. The van der Waals surface area contributed by atoms with Gasteiger partial charge >= 0.3 is 0 Å². The average molecular weight is 228 g/mol. The number of fused-ring (bicyclic) bond motifs is 1. The highest BCUT2D eigenvalue weighted by atomic mass is 16.6. The van der Waals surface area contributed by atoms with Gasteiger partial charge in [0.2, 0.25) is 0 Å². The number of epoxide rings is 1. The monoisotopic (exact) mass is 228 g/mol. The summed E-state index contributed by atoms with van der Waals surface area (Å²) in [6.07, 6.45) is 0.236. The second kappa shape index (κ2) is 3.79. The van der Waals surface area contributed by atoms with Crippen molar-refractivity contribution in [3.05, 3.63) is 29.5 Å². The minimum atomic E-state index is 0.236. The minimum Gasteiger partial charge on any atom is -0.490 e. The van der Waals surface area contributed by atoms with E-state index in [1.807, 2.05) is 25.1 Å². The van der Waals surface area contributed by atoms with Gasteiger partial charge in [0.25, 0.3) is 0 Å². The summed E-state index contributed by atoms with van der Waals surface area (Å²) < 4.78 is 10.8. The number of ether oxygens (including phenoxy) is 2. The van der Waals surface area contributed by atoms with Crippen LogP contribution in [0.2, 0.25) is 0 Å². The number of nitrogens with one attached hydrogen (secondary N) is 1. The van der Waals surface area contributed by atoms with Crippen LogP contribution in [0.1, 0.15) is 11.3 Å². The van der Waals surface area contributed by atoms with Gasteiger partial charge in [0.1, 0.15) is 30.2 Å². The molecule has 1 saturated heterocycles. The number of nitriles is 1. The highest BCUT2D eigenvalue weighted by Crippen LogP contribution is 2.31. The average Bonchev–Trinajstić information content (AvgIpc) is 3.11. The molecule has 2 heterocycles. The summed E-state index contributed by atoms with van der Waals surface area (Å²) in [4.78, 5) is 3.08. The normalized spacial score (nSPS) is 18.0. The van der Waals surface area contributed by atoms with E-state index in [1.165, 1.54) is 0 Å². The molecule has 4 nitrogen and oxygen atoms in total. The Kier molecular flexibility index (Phi) is 2.27. The zero-order chi connectivity index (χ0) is 11.8. The first-order valence-electron chi connectivity index (χ1n) is 5.55. The molecule has 0 aliphatic carbocycles. The van der Waals surface area contributed by atoms with Crippen molar-refractivity contribution in [2.45, 2.75) is 13.0 Å². The SMILES string of the molecule is Cc1c(C#N)[nH]c2cccc(OCC3CO3)c12. The molecule has 1 aromatic heterocycles. The van der Waals surface area contributed by atoms with E-state index in [9.17, 15) is 0 Å². The van der Waals surface area contributed by atoms with E-state index >= 15 is 0 Å². The number of hydrogen-bond acceptors (Lipinski definition) is 3. The van der Waals surface area contributed by atoms with Crippen LogP contribution in [0.4, 0.5) is 0 Å². The number of aromatic amines is 1. The molecule has 0 radical (unpaired) electrons. The van der Waals surface area contributed by atoms with E-state index in [0.29, 0.717) is 12.3 Å². The van der Waals surface area contributed by atoms with Gasteiger partial charge in [-0.2, -0.15) is 5.26 Å². The number of hydrogen-bond donors (Lipinski definition) is 1. The maximum atomic E-state index is 9.00. The van der Waals surface area contributed by atoms with Gasteiger partial charge in [0.05, 0.1) is 12.1 Å². The lowest BCUT2D eigenvalue weighted by Gasteiger charge is -2.06. The lowest BCUT2D eigenvalue weighted by Crippen LogP contribution is -2.04. The molecule has 0 saturated carbocycles. The van der Waals surface area contributed by atoms with Crippen molar-refractivity contribution >= 4 is 10.9 Å². The molecule has 1 atom stereocenters. The number of nitrogens with zero attached hydrogens (tertiary/aromatic N) is 1. The molecular weight excluding hydrogens is 216 g/mol. The number of rotatable bonds is 3. The van der Waals surface area contributed by atoms with Crippen LogP contribution >= 0.6 is 0 Å². The standard InChI is InChI=1S/C13H12N2O2/c1-8-11(5-14)15-10-3-2-4-12(13(8)10)17-7-9-6-16-9/h2-4,9,15H,6-7H2,1H3. The summed E-state index contributed by atoms with van der Waals surface area (Å²) >= 11 is 0. The number of H-pyrrole nitrogens is 1. The lowest BCUT2D eigenvalue weighted by atomic mass is 10.1. The molecule has 1 aliphatic rings. The second-order valence-corrected chi connectivity index (χ2v) is 4.18. The molecule has 2 aromatic rings. The second-order valence-electron chi connectivity index (χ2n) is 4.18. The van der Waals surface area contributed by atoms with Gasteiger partial charge in [-0.05, 0) is 24.6 Å². The maximum Gasteiger partial charge on any atom is 0.129 e. The quantitative estimate of drug-likeness (QED) is 0.818. The van der Waals surface area contributed by atoms with Crippen LogP contribution in [-0.2, 0) is 4.74 Å². The van der Waals surface area contributed by atoms with Gasteiger partial charge in [-0.25, -0.2) is 0 Å². The van der Waals surface area contributed by atoms with Crippen molar-refractivity contribution < 1.29 is 9.47 Å². The highest BCUT2D eigenvalue weighted by Gasteiger charge is 2.23. The van der Waals surface area contributed by atoms with E-state index in [-0.39, 0.29) is 6.10 Å². The Labute approximate surface area is 98.8 Å². The molecule has 1 unspecified atom stereocenters. The van der Waals surface area contributed by atoms with Gasteiger partial charge in [-0.15, -0.1) is 0 Å². The summed E-state index contributed by atoms with van der Waals surface area (Å²) in [5.74, 6) is 0.813. The van der Waals surface area contributed by atoms with Crippen LogP contribution < -0.4 is 4.74 Å². The van der Waals surface area contributed by atoms with Gasteiger partial charge in [-0.1, -0.05) is 6.07 Å². The molecule has 1 fully saturated rings. The summed E-state index contributed by atoms with van der Waals surface area (Å²) in [5, 5.41) is 9.99. The third-order valence-electron chi connectivity index (χ3n) is 2.97. The first-order valence-corrected chi connectivity index (χ1v) is 5.55. The first kappa shape index (κ1) is 10.2. The predicted molar refractivity (Wildman–Crippen MR) is 63.0 cm³/mol. The summed E-state index contributed by atoms with van der Waals surface area (Å²) in [5.41, 5.74) is 2.47. The third-order valence-corrected chi connectivity index (χ3v) is 2.97. The molecule has 86 valence electrons. The minimum absolute atomic E-state index is 0.236. The van der Waals surface area contributed by atoms with Crippen LogP contribution in [0.15, 0.2) is 18.2 Å². The fourth-order valence-electron chi connectivity index (χ4n) is 1.95. The van der Waals surface area contributed by atoms with Crippen molar-refractivity contribution in [1.29, 1.82) is 5.26 Å². The Morgan fingerprint density at radius 3 is 3.12 bits per heavy atom. The topological polar surface area (TPSA) is 61.3 Å². The molecular formula is C13H12N2O2. The fraction of sp³-hybridized carbons (Fsp3) is 0.308. The van der Waals surface area contributed by atoms with Gasteiger partial charge in [-0.3, -0.25) is 0 Å². The van der Waals surface area contributed by atoms with Crippen molar-refractivity contribution in [2.75, 3.05) is 13.2 Å². The molecule has 4 heteroatoms. The third kappa shape index (κ3) is 1.75. The molecule has 17 heavy (non-hydrogen) atoms. The molecule has 1 N–H and O–H groups in total. The molecule has 0 spiro atoms. The Morgan fingerprint density at radius 2 is 2.41 bits per heavy atom. The molecule has 3 rings (SSSR count). The molecule has 1 aromatic carbocycles. The maximum absolute atomic E-state index is 9.00. The highest BCUT2D eigenvalue weighted by molar-refractivity contribution is 5.91. The van der Waals surface area contributed by atoms with Crippen LogP contribution in [0.25, 0.3) is 10.9 Å². The summed E-state index contributed by atoms with van der Waals surface area (Å²) in [6.45, 7) is 3.29. The van der Waals surface area contributed by atoms with Crippen LogP contribution in [-0.4, -0.2) is 24.3 Å². The van der Waals surface area contributed by atoms with Crippen LogP contribution in [0.5, 0.6) is 5.75 Å². The Bertz CT molecular complexity index is 606. The molecule has 0 bridgehead atoms.